The van der Waals surface area contributed by atoms with Gasteiger partial charge in [0.2, 0.25) is 0 Å². The molecule has 2 atom stereocenters. The van der Waals surface area contributed by atoms with Gasteiger partial charge in [-0.2, -0.15) is 0 Å². The summed E-state index contributed by atoms with van der Waals surface area (Å²) in [7, 11) is 0. The number of nitrogens with one attached hydrogen (secondary N) is 1. The van der Waals surface area contributed by atoms with E-state index in [0.29, 0.717) is 18.4 Å². The first-order valence-corrected chi connectivity index (χ1v) is 6.19. The summed E-state index contributed by atoms with van der Waals surface area (Å²) in [4.78, 5) is 4.26. The van der Waals surface area contributed by atoms with Gasteiger partial charge in [-0.1, -0.05) is 6.07 Å². The van der Waals surface area contributed by atoms with Crippen LogP contribution in [0.5, 0.6) is 0 Å². The van der Waals surface area contributed by atoms with Crippen molar-refractivity contribution in [2.45, 2.75) is 37.3 Å². The predicted octanol–water partition coefficient (Wildman–Crippen LogP) is 1.89. The molecule has 1 aromatic carbocycles. The molecule has 2 saturated carbocycles. The van der Waals surface area contributed by atoms with Crippen LogP contribution in [0.2, 0.25) is 0 Å². The SMILES string of the molecule is NC(=NC1CC1c1c(F)cccc1F)NC1CC1. The van der Waals surface area contributed by atoms with Crippen LogP contribution >= 0.6 is 0 Å². The van der Waals surface area contributed by atoms with Gasteiger partial charge in [0.25, 0.3) is 0 Å². The van der Waals surface area contributed by atoms with Crippen LogP contribution in [-0.4, -0.2) is 18.0 Å². The minimum atomic E-state index is -0.494. The molecule has 0 bridgehead atoms. The number of nitrogens with two attached hydrogens (primary N) is 1. The molecule has 0 heterocycles. The first-order chi connectivity index (χ1) is 8.65. The van der Waals surface area contributed by atoms with Crippen LogP contribution < -0.4 is 11.1 Å². The molecule has 0 saturated heterocycles. The molecule has 1 aromatic rings. The van der Waals surface area contributed by atoms with Gasteiger partial charge in [-0.3, -0.25) is 0 Å². The highest BCUT2D eigenvalue weighted by atomic mass is 19.1. The Morgan fingerprint density at radius 1 is 1.28 bits per heavy atom. The number of aliphatic imine (C=N–C) groups is 1. The van der Waals surface area contributed by atoms with Gasteiger partial charge in [0.15, 0.2) is 5.96 Å². The lowest BCUT2D eigenvalue weighted by atomic mass is 10.1. The number of nitrogens with zero attached hydrogens (tertiary/aromatic N) is 1. The molecule has 18 heavy (non-hydrogen) atoms. The number of benzene rings is 1. The predicted molar refractivity (Wildman–Crippen MR) is 65.3 cm³/mol. The number of rotatable bonds is 3. The fourth-order valence-electron chi connectivity index (χ4n) is 2.15. The van der Waals surface area contributed by atoms with Crippen molar-refractivity contribution in [2.75, 3.05) is 0 Å². The minimum absolute atomic E-state index is 0.0948. The first kappa shape index (κ1) is 11.4. The maximum Gasteiger partial charge on any atom is 0.189 e. The second kappa shape index (κ2) is 4.23. The van der Waals surface area contributed by atoms with Crippen LogP contribution in [0.3, 0.4) is 0 Å². The first-order valence-electron chi connectivity index (χ1n) is 6.19. The average Bonchev–Trinajstić information content (AvgIpc) is 3.18. The second-order valence-corrected chi connectivity index (χ2v) is 4.98. The molecule has 0 radical (unpaired) electrons. The summed E-state index contributed by atoms with van der Waals surface area (Å²) in [5.41, 5.74) is 5.87. The monoisotopic (exact) mass is 251 g/mol. The van der Waals surface area contributed by atoms with Gasteiger partial charge in [-0.25, -0.2) is 13.8 Å². The molecule has 96 valence electrons. The fourth-order valence-corrected chi connectivity index (χ4v) is 2.15. The molecule has 0 aliphatic heterocycles. The highest BCUT2D eigenvalue weighted by molar-refractivity contribution is 5.79. The summed E-state index contributed by atoms with van der Waals surface area (Å²) in [6.07, 6.45) is 2.89. The van der Waals surface area contributed by atoms with Gasteiger partial charge in [0.1, 0.15) is 11.6 Å². The Morgan fingerprint density at radius 2 is 1.94 bits per heavy atom. The molecular formula is C13H15F2N3. The van der Waals surface area contributed by atoms with E-state index < -0.39 is 11.6 Å². The van der Waals surface area contributed by atoms with Gasteiger partial charge in [0.05, 0.1) is 6.04 Å². The Balaban J connectivity index is 1.69. The van der Waals surface area contributed by atoms with E-state index in [0.717, 1.165) is 12.8 Å². The molecule has 2 aliphatic rings. The van der Waals surface area contributed by atoms with E-state index in [4.69, 9.17) is 5.73 Å². The fraction of sp³-hybridized carbons (Fsp3) is 0.462. The summed E-state index contributed by atoms with van der Waals surface area (Å²) in [5.74, 6) is -0.773. The smallest absolute Gasteiger partial charge is 0.189 e. The highest BCUT2D eigenvalue weighted by Crippen LogP contribution is 2.45. The van der Waals surface area contributed by atoms with Crippen molar-refractivity contribution < 1.29 is 8.78 Å². The van der Waals surface area contributed by atoms with Crippen molar-refractivity contribution >= 4 is 5.96 Å². The lowest BCUT2D eigenvalue weighted by Gasteiger charge is -2.04. The van der Waals surface area contributed by atoms with Crippen LogP contribution in [0.15, 0.2) is 23.2 Å². The largest absolute Gasteiger partial charge is 0.370 e. The summed E-state index contributed by atoms with van der Waals surface area (Å²) in [6.45, 7) is 0. The topological polar surface area (TPSA) is 50.4 Å². The molecule has 2 fully saturated rings. The third-order valence-corrected chi connectivity index (χ3v) is 3.36. The van der Waals surface area contributed by atoms with E-state index in [1.807, 2.05) is 0 Å². The zero-order chi connectivity index (χ0) is 12.7. The van der Waals surface area contributed by atoms with E-state index in [9.17, 15) is 8.78 Å². The van der Waals surface area contributed by atoms with E-state index in [1.54, 1.807) is 0 Å². The Kier molecular flexibility index (Phi) is 2.69. The third kappa shape index (κ3) is 2.30. The summed E-state index contributed by atoms with van der Waals surface area (Å²) in [5, 5.41) is 3.07. The van der Waals surface area contributed by atoms with E-state index in [1.165, 1.54) is 18.2 Å². The van der Waals surface area contributed by atoms with Gasteiger partial charge >= 0.3 is 0 Å². The van der Waals surface area contributed by atoms with Crippen LogP contribution in [0.1, 0.15) is 30.7 Å². The molecule has 3 nitrogen and oxygen atoms in total. The van der Waals surface area contributed by atoms with Crippen LogP contribution in [0, 0.1) is 11.6 Å². The summed E-state index contributed by atoms with van der Waals surface area (Å²) < 4.78 is 27.1. The molecule has 3 N–H and O–H groups in total. The number of halogens is 2. The van der Waals surface area contributed by atoms with Crippen LogP contribution in [0.25, 0.3) is 0 Å². The number of guanidine groups is 1. The summed E-state index contributed by atoms with van der Waals surface area (Å²) >= 11 is 0. The average molecular weight is 251 g/mol. The van der Waals surface area contributed by atoms with Crippen LogP contribution in [0.4, 0.5) is 8.78 Å². The minimum Gasteiger partial charge on any atom is -0.370 e. The van der Waals surface area contributed by atoms with Gasteiger partial charge in [0, 0.05) is 17.5 Å². The Morgan fingerprint density at radius 3 is 2.56 bits per heavy atom. The van der Waals surface area contributed by atoms with Gasteiger partial charge < -0.3 is 11.1 Å². The van der Waals surface area contributed by atoms with E-state index >= 15 is 0 Å². The Bertz CT molecular complexity index is 477. The van der Waals surface area contributed by atoms with Crippen LogP contribution in [-0.2, 0) is 0 Å². The molecule has 2 aliphatic carbocycles. The maximum absolute atomic E-state index is 13.5. The third-order valence-electron chi connectivity index (χ3n) is 3.36. The normalized spacial score (nSPS) is 27.1. The zero-order valence-electron chi connectivity index (χ0n) is 9.87. The van der Waals surface area contributed by atoms with Crippen molar-refractivity contribution in [3.63, 3.8) is 0 Å². The standard InChI is InChI=1S/C13H15F2N3/c14-9-2-1-3-10(15)12(9)8-6-11(8)18-13(16)17-7-4-5-7/h1-3,7-8,11H,4-6H2,(H3,16,17,18). The molecule has 5 heteroatoms. The van der Waals surface area contributed by atoms with Crippen molar-refractivity contribution in [1.29, 1.82) is 0 Å². The molecule has 3 rings (SSSR count). The Labute approximate surface area is 104 Å². The molecule has 2 unspecified atom stereocenters. The zero-order valence-corrected chi connectivity index (χ0v) is 9.87. The molecular weight excluding hydrogens is 236 g/mol. The van der Waals surface area contributed by atoms with Gasteiger partial charge in [-0.15, -0.1) is 0 Å². The van der Waals surface area contributed by atoms with Crippen molar-refractivity contribution in [1.82, 2.24) is 5.32 Å². The summed E-state index contributed by atoms with van der Waals surface area (Å²) in [6, 6.07) is 4.28. The van der Waals surface area contributed by atoms with Gasteiger partial charge in [-0.05, 0) is 31.4 Å². The van der Waals surface area contributed by atoms with Crippen molar-refractivity contribution in [3.8, 4) is 0 Å². The lowest BCUT2D eigenvalue weighted by Crippen LogP contribution is -2.33. The number of hydrogen-bond acceptors (Lipinski definition) is 1. The van der Waals surface area contributed by atoms with E-state index in [-0.39, 0.29) is 17.5 Å². The molecule has 0 amide bonds. The van der Waals surface area contributed by atoms with Crippen molar-refractivity contribution in [3.05, 3.63) is 35.4 Å². The number of hydrogen-bond donors (Lipinski definition) is 2. The van der Waals surface area contributed by atoms with Crippen molar-refractivity contribution in [2.24, 2.45) is 10.7 Å². The highest BCUT2D eigenvalue weighted by Gasteiger charge is 2.42. The Hall–Kier alpha value is -1.65. The molecule has 0 aromatic heterocycles. The molecule has 0 spiro atoms. The second-order valence-electron chi connectivity index (χ2n) is 4.98. The lowest BCUT2D eigenvalue weighted by molar-refractivity contribution is 0.555. The van der Waals surface area contributed by atoms with E-state index in [2.05, 4.69) is 10.3 Å². The maximum atomic E-state index is 13.5. The quantitative estimate of drug-likeness (QED) is 0.636.